The number of aryl methyl sites for hydroxylation is 2. The first kappa shape index (κ1) is 10.9. The van der Waals surface area contributed by atoms with Gasteiger partial charge in [0.05, 0.1) is 10.9 Å². The van der Waals surface area contributed by atoms with Crippen molar-refractivity contribution in [2.45, 2.75) is 19.1 Å². The molecule has 0 aliphatic heterocycles. The summed E-state index contributed by atoms with van der Waals surface area (Å²) < 4.78 is 5.29. The minimum Gasteiger partial charge on any atom is -0.465 e. The second-order valence-corrected chi connectivity index (χ2v) is 3.52. The van der Waals surface area contributed by atoms with Gasteiger partial charge in [0, 0.05) is 6.54 Å². The molecule has 0 fully saturated rings. The second kappa shape index (κ2) is 4.36. The Morgan fingerprint density at radius 2 is 2.36 bits per heavy atom. The molecule has 1 aromatic heterocycles. The number of oxazole rings is 1. The Bertz CT molecular complexity index is 318. The fourth-order valence-electron chi connectivity index (χ4n) is 0.911. The van der Waals surface area contributed by atoms with E-state index in [0.29, 0.717) is 5.89 Å². The number of aromatic nitrogens is 1. The van der Waals surface area contributed by atoms with Crippen LogP contribution >= 0.6 is 12.6 Å². The van der Waals surface area contributed by atoms with Crippen LogP contribution in [-0.2, 0) is 0 Å². The maximum Gasteiger partial charge on any atom is 0.404 e. The van der Waals surface area contributed by atoms with E-state index in [9.17, 15) is 4.79 Å². The van der Waals surface area contributed by atoms with Gasteiger partial charge in [-0.2, -0.15) is 12.6 Å². The van der Waals surface area contributed by atoms with Crippen LogP contribution in [0.4, 0.5) is 4.79 Å². The maximum atomic E-state index is 10.2. The number of carboxylic acid groups (broad SMARTS) is 1. The molecule has 5 nitrogen and oxygen atoms in total. The van der Waals surface area contributed by atoms with Crippen molar-refractivity contribution in [1.82, 2.24) is 10.3 Å². The quantitative estimate of drug-likeness (QED) is 0.670. The van der Waals surface area contributed by atoms with Crippen molar-refractivity contribution in [3.05, 3.63) is 17.3 Å². The summed E-state index contributed by atoms with van der Waals surface area (Å²) >= 11 is 4.17. The fourth-order valence-corrected chi connectivity index (χ4v) is 1.11. The van der Waals surface area contributed by atoms with E-state index in [0.717, 1.165) is 11.5 Å². The van der Waals surface area contributed by atoms with Crippen LogP contribution in [0.25, 0.3) is 0 Å². The highest BCUT2D eigenvalue weighted by Crippen LogP contribution is 2.20. The van der Waals surface area contributed by atoms with Gasteiger partial charge in [-0.15, -0.1) is 0 Å². The zero-order chi connectivity index (χ0) is 10.7. The van der Waals surface area contributed by atoms with Crippen LogP contribution in [0.2, 0.25) is 0 Å². The number of rotatable bonds is 3. The number of thiol groups is 1. The fraction of sp³-hybridized carbons (Fsp3) is 0.500. The predicted octanol–water partition coefficient (Wildman–Crippen LogP) is 1.53. The third-order valence-corrected chi connectivity index (χ3v) is 2.18. The highest BCUT2D eigenvalue weighted by Gasteiger charge is 2.14. The molecule has 2 N–H and O–H groups in total. The summed E-state index contributed by atoms with van der Waals surface area (Å²) in [4.78, 5) is 14.3. The molecule has 14 heavy (non-hydrogen) atoms. The average Bonchev–Trinajstić information content (AvgIpc) is 2.43. The lowest BCUT2D eigenvalue weighted by Gasteiger charge is -2.05. The Hall–Kier alpha value is -1.17. The summed E-state index contributed by atoms with van der Waals surface area (Å²) in [5, 5.41) is 10.2. The van der Waals surface area contributed by atoms with Crippen molar-refractivity contribution in [2.75, 3.05) is 6.54 Å². The highest BCUT2D eigenvalue weighted by atomic mass is 32.1. The van der Waals surface area contributed by atoms with Gasteiger partial charge in [0.25, 0.3) is 0 Å². The summed E-state index contributed by atoms with van der Waals surface area (Å²) in [6.45, 7) is 3.81. The van der Waals surface area contributed by atoms with Gasteiger partial charge >= 0.3 is 6.09 Å². The SMILES string of the molecule is Cc1nc(C(S)CNC(=O)O)oc1C. The molecule has 0 aliphatic rings. The first-order valence-electron chi connectivity index (χ1n) is 4.09. The Morgan fingerprint density at radius 3 is 2.79 bits per heavy atom. The number of nitrogens with zero attached hydrogens (tertiary/aromatic N) is 1. The first-order chi connectivity index (χ1) is 6.50. The minimum atomic E-state index is -1.08. The summed E-state index contributed by atoms with van der Waals surface area (Å²) in [5.74, 6) is 1.17. The minimum absolute atomic E-state index is 0.178. The summed E-state index contributed by atoms with van der Waals surface area (Å²) in [5.41, 5.74) is 0.800. The molecule has 78 valence electrons. The molecule has 1 amide bonds. The van der Waals surface area contributed by atoms with E-state index in [2.05, 4.69) is 22.9 Å². The topological polar surface area (TPSA) is 75.4 Å². The van der Waals surface area contributed by atoms with Crippen LogP contribution in [0.3, 0.4) is 0 Å². The molecule has 0 saturated heterocycles. The average molecular weight is 216 g/mol. The van der Waals surface area contributed by atoms with E-state index in [1.54, 1.807) is 6.92 Å². The van der Waals surface area contributed by atoms with E-state index in [1.807, 2.05) is 6.92 Å². The zero-order valence-electron chi connectivity index (χ0n) is 7.94. The lowest BCUT2D eigenvalue weighted by Crippen LogP contribution is -2.24. The smallest absolute Gasteiger partial charge is 0.404 e. The van der Waals surface area contributed by atoms with Crippen molar-refractivity contribution in [3.63, 3.8) is 0 Å². The van der Waals surface area contributed by atoms with Crippen molar-refractivity contribution >= 4 is 18.7 Å². The normalized spacial score (nSPS) is 12.5. The molecular weight excluding hydrogens is 204 g/mol. The third-order valence-electron chi connectivity index (χ3n) is 1.78. The molecule has 0 aliphatic carbocycles. The molecule has 1 unspecified atom stereocenters. The van der Waals surface area contributed by atoms with E-state index in [4.69, 9.17) is 9.52 Å². The molecule has 1 heterocycles. The largest absolute Gasteiger partial charge is 0.465 e. The van der Waals surface area contributed by atoms with Gasteiger partial charge in [-0.25, -0.2) is 9.78 Å². The Kier molecular flexibility index (Phi) is 3.40. The lowest BCUT2D eigenvalue weighted by molar-refractivity contribution is 0.194. The van der Waals surface area contributed by atoms with Gasteiger partial charge in [0.1, 0.15) is 5.76 Å². The highest BCUT2D eigenvalue weighted by molar-refractivity contribution is 7.80. The van der Waals surface area contributed by atoms with Crippen LogP contribution in [0.1, 0.15) is 22.6 Å². The molecule has 0 saturated carbocycles. The first-order valence-corrected chi connectivity index (χ1v) is 4.61. The van der Waals surface area contributed by atoms with Crippen LogP contribution in [0, 0.1) is 13.8 Å². The van der Waals surface area contributed by atoms with Crippen molar-refractivity contribution in [1.29, 1.82) is 0 Å². The van der Waals surface area contributed by atoms with Crippen molar-refractivity contribution in [2.24, 2.45) is 0 Å². The van der Waals surface area contributed by atoms with Crippen molar-refractivity contribution < 1.29 is 14.3 Å². The molecule has 0 spiro atoms. The van der Waals surface area contributed by atoms with Crippen LogP contribution in [-0.4, -0.2) is 22.7 Å². The number of amides is 1. The molecule has 0 radical (unpaired) electrons. The van der Waals surface area contributed by atoms with Crippen molar-refractivity contribution in [3.8, 4) is 0 Å². The van der Waals surface area contributed by atoms with E-state index >= 15 is 0 Å². The van der Waals surface area contributed by atoms with E-state index < -0.39 is 6.09 Å². The third kappa shape index (κ3) is 2.66. The summed E-state index contributed by atoms with van der Waals surface area (Å²) in [6, 6.07) is 0. The number of hydrogen-bond donors (Lipinski definition) is 3. The second-order valence-electron chi connectivity index (χ2n) is 2.90. The standard InChI is InChI=1S/C8H12N2O3S/c1-4-5(2)13-7(10-4)6(14)3-9-8(11)12/h6,9,14H,3H2,1-2H3,(H,11,12). The Morgan fingerprint density at radius 1 is 1.71 bits per heavy atom. The monoisotopic (exact) mass is 216 g/mol. The Labute approximate surface area is 86.9 Å². The molecule has 0 bridgehead atoms. The summed E-state index contributed by atoms with van der Waals surface area (Å²) in [6.07, 6.45) is -1.08. The van der Waals surface area contributed by atoms with Gasteiger partial charge in [-0.1, -0.05) is 0 Å². The van der Waals surface area contributed by atoms with Gasteiger partial charge in [0.15, 0.2) is 0 Å². The van der Waals surface area contributed by atoms with E-state index in [1.165, 1.54) is 0 Å². The van der Waals surface area contributed by atoms with Crippen LogP contribution in [0.15, 0.2) is 4.42 Å². The number of carbonyl (C=O) groups is 1. The molecule has 6 heteroatoms. The molecule has 1 aromatic rings. The predicted molar refractivity (Wildman–Crippen MR) is 53.7 cm³/mol. The number of nitrogens with one attached hydrogen (secondary N) is 1. The molecule has 1 rings (SSSR count). The summed E-state index contributed by atoms with van der Waals surface area (Å²) in [7, 11) is 0. The van der Waals surface area contributed by atoms with Gasteiger partial charge in [0.2, 0.25) is 5.89 Å². The lowest BCUT2D eigenvalue weighted by atomic mass is 10.4. The van der Waals surface area contributed by atoms with Crippen LogP contribution in [0.5, 0.6) is 0 Å². The van der Waals surface area contributed by atoms with Crippen LogP contribution < -0.4 is 5.32 Å². The number of hydrogen-bond acceptors (Lipinski definition) is 4. The molecule has 0 aromatic carbocycles. The van der Waals surface area contributed by atoms with Gasteiger partial charge < -0.3 is 14.8 Å². The maximum absolute atomic E-state index is 10.2. The van der Waals surface area contributed by atoms with E-state index in [-0.39, 0.29) is 11.8 Å². The zero-order valence-corrected chi connectivity index (χ0v) is 8.84. The van der Waals surface area contributed by atoms with Gasteiger partial charge in [-0.05, 0) is 13.8 Å². The molecule has 1 atom stereocenters. The Balaban J connectivity index is 2.60. The molecular formula is C8H12N2O3S. The van der Waals surface area contributed by atoms with Gasteiger partial charge in [-0.3, -0.25) is 0 Å².